The molecule has 1 aliphatic rings. The van der Waals surface area contributed by atoms with Gasteiger partial charge in [0, 0.05) is 44.6 Å². The topological polar surface area (TPSA) is 69.8 Å². The van der Waals surface area contributed by atoms with Gasteiger partial charge in [-0.3, -0.25) is 9.69 Å². The summed E-state index contributed by atoms with van der Waals surface area (Å²) in [6.07, 6.45) is 0.248. The monoisotopic (exact) mass is 295 g/mol. The summed E-state index contributed by atoms with van der Waals surface area (Å²) in [7, 11) is 0. The summed E-state index contributed by atoms with van der Waals surface area (Å²) >= 11 is 0. The van der Waals surface area contributed by atoms with E-state index in [1.807, 2.05) is 36.6 Å². The zero-order valence-corrected chi connectivity index (χ0v) is 13.1. The van der Waals surface area contributed by atoms with E-state index in [1.54, 1.807) is 0 Å². The minimum absolute atomic E-state index is 0.0989. The van der Waals surface area contributed by atoms with Crippen molar-refractivity contribution >= 4 is 5.91 Å². The van der Waals surface area contributed by atoms with Crippen LogP contribution in [-0.4, -0.2) is 64.8 Å². The van der Waals surface area contributed by atoms with E-state index in [-0.39, 0.29) is 11.8 Å². The molecule has 0 radical (unpaired) electrons. The lowest BCUT2D eigenvalue weighted by atomic mass is 10.0. The summed E-state index contributed by atoms with van der Waals surface area (Å²) < 4.78 is 5.21. The van der Waals surface area contributed by atoms with Crippen LogP contribution in [-0.2, 0) is 11.2 Å². The molecule has 0 spiro atoms. The van der Waals surface area contributed by atoms with Crippen molar-refractivity contribution in [1.29, 1.82) is 0 Å². The number of aliphatic hydroxyl groups is 1. The molecule has 0 bridgehead atoms. The highest BCUT2D eigenvalue weighted by Gasteiger charge is 2.33. The first-order chi connectivity index (χ1) is 10.0. The quantitative estimate of drug-likeness (QED) is 0.836. The smallest absolute Gasteiger partial charge is 0.236 e. The number of aryl methyl sites for hydroxylation is 1. The maximum Gasteiger partial charge on any atom is 0.236 e. The Morgan fingerprint density at radius 2 is 2.19 bits per heavy atom. The molecule has 1 saturated heterocycles. The van der Waals surface area contributed by atoms with Gasteiger partial charge in [-0.1, -0.05) is 5.16 Å². The molecule has 6 nitrogen and oxygen atoms in total. The molecule has 2 atom stereocenters. The molecular formula is C15H25N3O3. The third-order valence-corrected chi connectivity index (χ3v) is 4.10. The van der Waals surface area contributed by atoms with Crippen LogP contribution in [0.4, 0.5) is 0 Å². The van der Waals surface area contributed by atoms with Crippen molar-refractivity contribution in [2.45, 2.75) is 33.3 Å². The van der Waals surface area contributed by atoms with Gasteiger partial charge in [0.25, 0.3) is 0 Å². The summed E-state index contributed by atoms with van der Waals surface area (Å²) in [6.45, 7) is 8.94. The molecule has 0 unspecified atom stereocenters. The Morgan fingerprint density at radius 3 is 2.76 bits per heavy atom. The Morgan fingerprint density at radius 1 is 1.48 bits per heavy atom. The number of hydrogen-bond donors (Lipinski definition) is 1. The van der Waals surface area contributed by atoms with Gasteiger partial charge in [-0.25, -0.2) is 0 Å². The molecule has 118 valence electrons. The predicted molar refractivity (Wildman–Crippen MR) is 78.8 cm³/mol. The number of rotatable bonds is 6. The number of nitrogens with zero attached hydrogens (tertiary/aromatic N) is 3. The van der Waals surface area contributed by atoms with Crippen molar-refractivity contribution in [3.63, 3.8) is 0 Å². The first kappa shape index (κ1) is 16.0. The Kier molecular flexibility index (Phi) is 5.36. The molecule has 21 heavy (non-hydrogen) atoms. The van der Waals surface area contributed by atoms with E-state index in [4.69, 9.17) is 4.52 Å². The fourth-order valence-electron chi connectivity index (χ4n) is 2.91. The number of β-amino-alcohol motifs (C(OH)–C–C–N with tert-alkyl or cyclic N) is 1. The fourth-order valence-corrected chi connectivity index (χ4v) is 2.91. The Hall–Kier alpha value is -1.40. The van der Waals surface area contributed by atoms with Crippen LogP contribution in [0.5, 0.6) is 0 Å². The number of amides is 1. The van der Waals surface area contributed by atoms with E-state index in [9.17, 15) is 9.90 Å². The Labute approximate surface area is 125 Å². The fraction of sp³-hybridized carbons (Fsp3) is 0.733. The summed E-state index contributed by atoms with van der Waals surface area (Å²) in [4.78, 5) is 16.0. The highest BCUT2D eigenvalue weighted by molar-refractivity contribution is 5.78. The van der Waals surface area contributed by atoms with E-state index in [0.29, 0.717) is 26.1 Å². The predicted octanol–water partition coefficient (Wildman–Crippen LogP) is 0.687. The van der Waals surface area contributed by atoms with E-state index >= 15 is 0 Å². The van der Waals surface area contributed by atoms with E-state index in [0.717, 1.165) is 24.5 Å². The zero-order valence-electron chi connectivity index (χ0n) is 13.1. The Balaban J connectivity index is 1.87. The summed E-state index contributed by atoms with van der Waals surface area (Å²) in [5.74, 6) is 1.03. The summed E-state index contributed by atoms with van der Waals surface area (Å²) in [5, 5.41) is 14.0. The lowest BCUT2D eigenvalue weighted by Gasteiger charge is -2.22. The van der Waals surface area contributed by atoms with Gasteiger partial charge in [0.05, 0.1) is 18.3 Å². The maximum absolute atomic E-state index is 12.1. The van der Waals surface area contributed by atoms with Gasteiger partial charge in [0.1, 0.15) is 5.76 Å². The van der Waals surface area contributed by atoms with Gasteiger partial charge in [0.2, 0.25) is 5.91 Å². The van der Waals surface area contributed by atoms with Crippen LogP contribution in [0.1, 0.15) is 25.3 Å². The number of likely N-dealkylation sites (tertiary alicyclic amines) is 1. The molecule has 1 N–H and O–H groups in total. The van der Waals surface area contributed by atoms with Gasteiger partial charge in [-0.05, 0) is 20.8 Å². The summed E-state index contributed by atoms with van der Waals surface area (Å²) in [6, 6.07) is 1.90. The van der Waals surface area contributed by atoms with Crippen LogP contribution >= 0.6 is 0 Å². The zero-order chi connectivity index (χ0) is 15.4. The van der Waals surface area contributed by atoms with E-state index < -0.39 is 6.10 Å². The first-order valence-corrected chi connectivity index (χ1v) is 7.63. The van der Waals surface area contributed by atoms with Crippen LogP contribution < -0.4 is 0 Å². The van der Waals surface area contributed by atoms with Gasteiger partial charge < -0.3 is 14.5 Å². The van der Waals surface area contributed by atoms with Crippen LogP contribution in [0.15, 0.2) is 10.6 Å². The second-order valence-corrected chi connectivity index (χ2v) is 5.73. The third-order valence-electron chi connectivity index (χ3n) is 4.10. The average molecular weight is 295 g/mol. The van der Waals surface area contributed by atoms with Crippen LogP contribution in [0.2, 0.25) is 0 Å². The van der Waals surface area contributed by atoms with Gasteiger partial charge in [-0.15, -0.1) is 0 Å². The molecular weight excluding hydrogens is 270 g/mol. The molecule has 2 heterocycles. The second kappa shape index (κ2) is 7.04. The second-order valence-electron chi connectivity index (χ2n) is 5.73. The third kappa shape index (κ3) is 4.04. The van der Waals surface area contributed by atoms with Crippen LogP contribution in [0.25, 0.3) is 0 Å². The number of carbonyl (C=O) groups is 1. The van der Waals surface area contributed by atoms with Crippen molar-refractivity contribution in [3.8, 4) is 0 Å². The maximum atomic E-state index is 12.1. The Bertz CT molecular complexity index is 470. The van der Waals surface area contributed by atoms with Gasteiger partial charge in [0.15, 0.2) is 0 Å². The average Bonchev–Trinajstić information content (AvgIpc) is 2.98. The minimum atomic E-state index is -0.417. The number of aliphatic hydroxyl groups excluding tert-OH is 1. The molecule has 1 aromatic rings. The molecule has 2 rings (SSSR count). The van der Waals surface area contributed by atoms with Crippen molar-refractivity contribution in [1.82, 2.24) is 15.0 Å². The highest BCUT2D eigenvalue weighted by atomic mass is 16.5. The van der Waals surface area contributed by atoms with Gasteiger partial charge in [-0.2, -0.15) is 0 Å². The molecule has 0 aliphatic carbocycles. The molecule has 1 aromatic heterocycles. The molecule has 0 aromatic carbocycles. The standard InChI is InChI=1S/C15H25N3O3/c1-4-18(5-2)15(20)10-17-8-12(14(19)9-17)7-13-6-11(3)16-21-13/h6,12,14,19H,4-5,7-10H2,1-3H3/t12-,14-/m1/s1. The van der Waals surface area contributed by atoms with Crippen molar-refractivity contribution < 1.29 is 14.4 Å². The lowest BCUT2D eigenvalue weighted by molar-refractivity contribution is -0.131. The lowest BCUT2D eigenvalue weighted by Crippen LogP contribution is -2.39. The minimum Gasteiger partial charge on any atom is -0.391 e. The first-order valence-electron chi connectivity index (χ1n) is 7.63. The number of likely N-dealkylation sites (N-methyl/N-ethyl adjacent to an activating group) is 1. The molecule has 6 heteroatoms. The van der Waals surface area contributed by atoms with Gasteiger partial charge >= 0.3 is 0 Å². The number of hydrogen-bond acceptors (Lipinski definition) is 5. The SMILES string of the molecule is CCN(CC)C(=O)CN1C[C@@H](Cc2cc(C)no2)[C@H](O)C1. The molecule has 1 fully saturated rings. The molecule has 0 saturated carbocycles. The highest BCUT2D eigenvalue weighted by Crippen LogP contribution is 2.21. The molecule has 1 amide bonds. The van der Waals surface area contributed by atoms with Crippen LogP contribution in [0.3, 0.4) is 0 Å². The van der Waals surface area contributed by atoms with E-state index in [1.165, 1.54) is 0 Å². The van der Waals surface area contributed by atoms with Crippen molar-refractivity contribution in [2.24, 2.45) is 5.92 Å². The number of carbonyl (C=O) groups excluding carboxylic acids is 1. The normalized spacial score (nSPS) is 22.7. The van der Waals surface area contributed by atoms with E-state index in [2.05, 4.69) is 5.16 Å². The van der Waals surface area contributed by atoms with Crippen molar-refractivity contribution in [3.05, 3.63) is 17.5 Å². The molecule has 1 aliphatic heterocycles. The van der Waals surface area contributed by atoms with Crippen molar-refractivity contribution in [2.75, 3.05) is 32.7 Å². The largest absolute Gasteiger partial charge is 0.391 e. The van der Waals surface area contributed by atoms with Crippen LogP contribution in [0, 0.1) is 12.8 Å². The summed E-state index contributed by atoms with van der Waals surface area (Å²) in [5.41, 5.74) is 0.853. The number of aromatic nitrogens is 1.